The van der Waals surface area contributed by atoms with E-state index in [2.05, 4.69) is 10.3 Å². The normalized spacial score (nSPS) is 13.2. The van der Waals surface area contributed by atoms with E-state index in [1.165, 1.54) is 0 Å². The fourth-order valence-electron chi connectivity index (χ4n) is 1.73. The maximum Gasteiger partial charge on any atom is 0.401 e. The lowest BCUT2D eigenvalue weighted by atomic mass is 10.1. The van der Waals surface area contributed by atoms with E-state index in [-0.39, 0.29) is 0 Å². The van der Waals surface area contributed by atoms with Crippen molar-refractivity contribution in [3.63, 3.8) is 0 Å². The van der Waals surface area contributed by atoms with Crippen molar-refractivity contribution in [3.05, 3.63) is 42.1 Å². The molecule has 0 bridgehead atoms. The molecular weight excluding hydrogens is 255 g/mol. The highest BCUT2D eigenvalue weighted by Gasteiger charge is 2.28. The number of aromatic nitrogens is 1. The lowest BCUT2D eigenvalue weighted by Crippen LogP contribution is -2.31. The van der Waals surface area contributed by atoms with Crippen LogP contribution in [-0.2, 0) is 0 Å². The maximum atomic E-state index is 12.1. The first-order valence-electron chi connectivity index (χ1n) is 5.54. The van der Waals surface area contributed by atoms with Crippen LogP contribution in [0.15, 0.2) is 36.5 Å². The second kappa shape index (κ2) is 5.24. The average molecular weight is 265 g/mol. The van der Waals surface area contributed by atoms with E-state index in [1.807, 2.05) is 6.07 Å². The second-order valence-corrected chi connectivity index (χ2v) is 4.01. The van der Waals surface area contributed by atoms with Crippen molar-refractivity contribution in [1.82, 2.24) is 10.3 Å². The van der Waals surface area contributed by atoms with Gasteiger partial charge in [-0.2, -0.15) is 18.4 Å². The van der Waals surface area contributed by atoms with Gasteiger partial charge in [-0.3, -0.25) is 10.3 Å². The Morgan fingerprint density at radius 2 is 2.11 bits per heavy atom. The third-order valence-electron chi connectivity index (χ3n) is 2.60. The number of nitrogens with one attached hydrogen (secondary N) is 1. The van der Waals surface area contributed by atoms with Gasteiger partial charge in [0.15, 0.2) is 0 Å². The van der Waals surface area contributed by atoms with Gasteiger partial charge in [-0.15, -0.1) is 0 Å². The first-order chi connectivity index (χ1) is 8.99. The fraction of sp³-hybridized carbons (Fsp3) is 0.231. The van der Waals surface area contributed by atoms with Crippen LogP contribution in [0.4, 0.5) is 13.2 Å². The van der Waals surface area contributed by atoms with E-state index in [0.29, 0.717) is 5.56 Å². The van der Waals surface area contributed by atoms with Crippen LogP contribution in [-0.4, -0.2) is 17.7 Å². The van der Waals surface area contributed by atoms with Gasteiger partial charge in [-0.05, 0) is 23.8 Å². The summed E-state index contributed by atoms with van der Waals surface area (Å²) in [5, 5.41) is 11.9. The summed E-state index contributed by atoms with van der Waals surface area (Å²) in [7, 11) is 0. The van der Waals surface area contributed by atoms with E-state index in [0.717, 1.165) is 10.9 Å². The van der Waals surface area contributed by atoms with Crippen LogP contribution in [0.25, 0.3) is 10.9 Å². The predicted molar refractivity (Wildman–Crippen MR) is 64.2 cm³/mol. The second-order valence-electron chi connectivity index (χ2n) is 4.01. The molecule has 1 aromatic carbocycles. The molecule has 3 nitrogen and oxygen atoms in total. The van der Waals surface area contributed by atoms with Crippen LogP contribution < -0.4 is 5.32 Å². The molecule has 0 saturated heterocycles. The minimum Gasteiger partial charge on any atom is -0.290 e. The van der Waals surface area contributed by atoms with Crippen molar-refractivity contribution >= 4 is 10.9 Å². The number of fused-ring (bicyclic) bond motifs is 1. The SMILES string of the molecule is N#CC(NCC(F)(F)F)c1ccc2ncccc2c1. The zero-order valence-corrected chi connectivity index (χ0v) is 9.78. The molecule has 0 spiro atoms. The molecule has 0 amide bonds. The number of hydrogen-bond acceptors (Lipinski definition) is 3. The summed E-state index contributed by atoms with van der Waals surface area (Å²) >= 11 is 0. The zero-order chi connectivity index (χ0) is 13.9. The Morgan fingerprint density at radius 3 is 2.79 bits per heavy atom. The van der Waals surface area contributed by atoms with E-state index in [9.17, 15) is 13.2 Å². The van der Waals surface area contributed by atoms with Crippen molar-refractivity contribution in [3.8, 4) is 6.07 Å². The van der Waals surface area contributed by atoms with Crippen molar-refractivity contribution in [2.45, 2.75) is 12.2 Å². The molecule has 1 N–H and O–H groups in total. The highest BCUT2D eigenvalue weighted by Crippen LogP contribution is 2.20. The average Bonchev–Trinajstić information content (AvgIpc) is 2.38. The summed E-state index contributed by atoms with van der Waals surface area (Å²) in [6, 6.07) is 9.31. The Bertz CT molecular complexity index is 616. The van der Waals surface area contributed by atoms with Gasteiger partial charge in [0.2, 0.25) is 0 Å². The van der Waals surface area contributed by atoms with Gasteiger partial charge < -0.3 is 0 Å². The highest BCUT2D eigenvalue weighted by molar-refractivity contribution is 5.79. The molecule has 1 heterocycles. The first-order valence-corrected chi connectivity index (χ1v) is 5.54. The zero-order valence-electron chi connectivity index (χ0n) is 9.78. The summed E-state index contributed by atoms with van der Waals surface area (Å²) in [6.45, 7) is -1.20. The number of benzene rings is 1. The van der Waals surface area contributed by atoms with Gasteiger partial charge in [0.05, 0.1) is 18.1 Å². The summed E-state index contributed by atoms with van der Waals surface area (Å²) in [5.74, 6) is 0. The van der Waals surface area contributed by atoms with Gasteiger partial charge in [-0.25, -0.2) is 0 Å². The minimum atomic E-state index is -4.34. The van der Waals surface area contributed by atoms with E-state index in [4.69, 9.17) is 5.26 Å². The molecule has 0 fully saturated rings. The molecular formula is C13H10F3N3. The molecule has 19 heavy (non-hydrogen) atoms. The molecule has 0 aliphatic rings. The van der Waals surface area contributed by atoms with Gasteiger partial charge in [0.1, 0.15) is 6.04 Å². The summed E-state index contributed by atoms with van der Waals surface area (Å²) in [4.78, 5) is 4.11. The number of halogens is 3. The van der Waals surface area contributed by atoms with Crippen LogP contribution in [0.2, 0.25) is 0 Å². The summed E-state index contributed by atoms with van der Waals surface area (Å²) in [5.41, 5.74) is 1.23. The standard InChI is InChI=1S/C13H10F3N3/c14-13(15,16)8-19-12(7-17)10-3-4-11-9(6-10)2-1-5-18-11/h1-6,12,19H,8H2. The lowest BCUT2D eigenvalue weighted by molar-refractivity contribution is -0.125. The van der Waals surface area contributed by atoms with E-state index < -0.39 is 18.8 Å². The van der Waals surface area contributed by atoms with Crippen LogP contribution in [0.5, 0.6) is 0 Å². The predicted octanol–water partition coefficient (Wildman–Crippen LogP) is 2.95. The molecule has 0 aliphatic carbocycles. The number of pyridine rings is 1. The Hall–Kier alpha value is -2.13. The largest absolute Gasteiger partial charge is 0.401 e. The highest BCUT2D eigenvalue weighted by atomic mass is 19.4. The fourth-order valence-corrected chi connectivity index (χ4v) is 1.73. The van der Waals surface area contributed by atoms with Crippen LogP contribution in [0.3, 0.4) is 0 Å². The first kappa shape index (κ1) is 13.3. The Labute approximate surface area is 107 Å². The van der Waals surface area contributed by atoms with Gasteiger partial charge in [-0.1, -0.05) is 12.1 Å². The molecule has 0 radical (unpaired) electrons. The molecule has 1 aromatic heterocycles. The van der Waals surface area contributed by atoms with E-state index in [1.54, 1.807) is 36.5 Å². The monoisotopic (exact) mass is 265 g/mol. The van der Waals surface area contributed by atoms with Gasteiger partial charge in [0.25, 0.3) is 0 Å². The van der Waals surface area contributed by atoms with Crippen molar-refractivity contribution < 1.29 is 13.2 Å². The number of rotatable bonds is 3. The van der Waals surface area contributed by atoms with Gasteiger partial charge in [0, 0.05) is 11.6 Å². The number of alkyl halides is 3. The maximum absolute atomic E-state index is 12.1. The van der Waals surface area contributed by atoms with Crippen LogP contribution in [0.1, 0.15) is 11.6 Å². The number of hydrogen-bond donors (Lipinski definition) is 1. The van der Waals surface area contributed by atoms with Crippen molar-refractivity contribution in [2.24, 2.45) is 0 Å². The molecule has 0 aliphatic heterocycles. The molecule has 1 atom stereocenters. The Balaban J connectivity index is 2.24. The third-order valence-corrected chi connectivity index (χ3v) is 2.60. The Kier molecular flexibility index (Phi) is 3.67. The number of nitrogens with zero attached hydrogens (tertiary/aromatic N) is 2. The Morgan fingerprint density at radius 1 is 1.32 bits per heavy atom. The third kappa shape index (κ3) is 3.42. The molecule has 2 aromatic rings. The van der Waals surface area contributed by atoms with Crippen molar-refractivity contribution in [1.29, 1.82) is 5.26 Å². The molecule has 0 saturated carbocycles. The summed E-state index contributed by atoms with van der Waals surface area (Å²) < 4.78 is 36.4. The number of nitriles is 1. The van der Waals surface area contributed by atoms with Crippen LogP contribution >= 0.6 is 0 Å². The minimum absolute atomic E-state index is 0.493. The topological polar surface area (TPSA) is 48.7 Å². The van der Waals surface area contributed by atoms with Gasteiger partial charge >= 0.3 is 6.18 Å². The smallest absolute Gasteiger partial charge is 0.290 e. The summed E-state index contributed by atoms with van der Waals surface area (Å²) in [6.07, 6.45) is -2.71. The van der Waals surface area contributed by atoms with Crippen LogP contribution in [0, 0.1) is 11.3 Å². The molecule has 1 unspecified atom stereocenters. The molecule has 98 valence electrons. The molecule has 2 rings (SSSR count). The quantitative estimate of drug-likeness (QED) is 0.928. The molecule has 6 heteroatoms. The van der Waals surface area contributed by atoms with E-state index >= 15 is 0 Å². The van der Waals surface area contributed by atoms with Crippen molar-refractivity contribution in [2.75, 3.05) is 6.54 Å². The lowest BCUT2D eigenvalue weighted by Gasteiger charge is -2.14.